The molecule has 1 aliphatic heterocycles. The standard InChI is InChI=1S/C64H67BN6O.Pt/c1-41-42(2)67-71-59(41)52-29-28-51(39-57(52)70(65(71)15)58-37-45(30-31-66-58)61(3,4)5)72-50-25-21-24-49(38-50)68-40-69(56-27-20-19-26-55(56)68)60-53(43-22-17-16-18-23-43)35-48(64(12,13)14)36-54(60)44-32-46(62(6,7)8)34-47(33-44)63(9,10)11;/h16-37H,1-15H3;/q-2;/i15D3,16D,17D,18D,22D,23D;. The van der Waals surface area contributed by atoms with Crippen molar-refractivity contribution in [1.29, 1.82) is 0 Å². The van der Waals surface area contributed by atoms with Gasteiger partial charge in [-0.05, 0) is 30.9 Å². The molecule has 0 amide bonds. The van der Waals surface area contributed by atoms with Crippen LogP contribution in [0.2, 0.25) is 6.75 Å². The molecule has 9 aromatic rings. The van der Waals surface area contributed by atoms with Crippen LogP contribution in [0, 0.1) is 29.8 Å². The van der Waals surface area contributed by atoms with Gasteiger partial charge in [0.2, 0.25) is 0 Å². The summed E-state index contributed by atoms with van der Waals surface area (Å²) in [6, 6.07) is 37.5. The number of aromatic nitrogens is 5. The molecule has 0 radical (unpaired) electrons. The van der Waals surface area contributed by atoms with Gasteiger partial charge in [0.25, 0.3) is 0 Å². The molecule has 0 spiro atoms. The number of ether oxygens (including phenoxy) is 1. The summed E-state index contributed by atoms with van der Waals surface area (Å²) in [5.74, 6) is 1.13. The zero-order chi connectivity index (χ0) is 59.0. The maximum atomic E-state index is 9.51. The third-order valence-electron chi connectivity index (χ3n) is 14.0. The number of benzene rings is 6. The molecule has 0 fully saturated rings. The molecule has 9 heteroatoms. The quantitative estimate of drug-likeness (QED) is 0.118. The molecule has 7 nitrogen and oxygen atoms in total. The van der Waals surface area contributed by atoms with E-state index in [9.17, 15) is 2.74 Å². The fraction of sp³-hybridized carbons (Fsp3) is 0.297. The van der Waals surface area contributed by atoms with Gasteiger partial charge in [-0.3, -0.25) is 0 Å². The van der Waals surface area contributed by atoms with Crippen molar-refractivity contribution in [3.8, 4) is 56.4 Å². The summed E-state index contributed by atoms with van der Waals surface area (Å²) in [6.45, 7) is 26.0. The van der Waals surface area contributed by atoms with E-state index in [1.807, 2.05) is 86.6 Å². The number of fused-ring (bicyclic) bond motifs is 4. The molecule has 73 heavy (non-hydrogen) atoms. The third kappa shape index (κ3) is 9.19. The van der Waals surface area contributed by atoms with E-state index in [1.54, 1.807) is 15.6 Å². The normalized spacial score (nSPS) is 14.9. The Morgan fingerprint density at radius 2 is 1.22 bits per heavy atom. The molecule has 0 saturated carbocycles. The van der Waals surface area contributed by atoms with Crippen LogP contribution in [0.15, 0.2) is 133 Å². The first-order chi connectivity index (χ1) is 37.7. The van der Waals surface area contributed by atoms with Crippen LogP contribution >= 0.6 is 0 Å². The number of nitrogens with zero attached hydrogens (tertiary/aromatic N) is 6. The van der Waals surface area contributed by atoms with E-state index in [0.29, 0.717) is 49.4 Å². The molecule has 6 aromatic carbocycles. The summed E-state index contributed by atoms with van der Waals surface area (Å²) in [5.41, 5.74) is 11.8. The summed E-state index contributed by atoms with van der Waals surface area (Å²) < 4.78 is 85.8. The van der Waals surface area contributed by atoms with E-state index in [0.717, 1.165) is 61.2 Å². The van der Waals surface area contributed by atoms with E-state index in [1.165, 1.54) is 0 Å². The van der Waals surface area contributed by atoms with Crippen molar-refractivity contribution in [2.24, 2.45) is 0 Å². The molecule has 0 saturated heterocycles. The molecule has 10 rings (SSSR count). The first kappa shape index (κ1) is 40.9. The van der Waals surface area contributed by atoms with Crippen molar-refractivity contribution in [2.45, 2.75) is 125 Å². The number of hydrogen-bond acceptors (Lipinski definition) is 4. The van der Waals surface area contributed by atoms with Gasteiger partial charge < -0.3 is 0 Å². The van der Waals surface area contributed by atoms with Crippen molar-refractivity contribution < 1.29 is 35.1 Å². The number of hydrogen-bond donors (Lipinski definition) is 0. The third-order valence-corrected chi connectivity index (χ3v) is 15.0. The average Bonchev–Trinajstić information content (AvgIpc) is 4.04. The molecule has 1 aliphatic rings. The predicted octanol–water partition coefficient (Wildman–Crippen LogP) is 16.4. The Kier molecular flexibility index (Phi) is 10.2. The van der Waals surface area contributed by atoms with E-state index in [-0.39, 0.29) is 33.9 Å². The fourth-order valence-electron chi connectivity index (χ4n) is 9.58. The minimum absolute atomic E-state index is 0.103. The van der Waals surface area contributed by atoms with Gasteiger partial charge in [-0.15, -0.1) is 0 Å². The molecular weight excluding hydrogens is 1070 g/mol. The van der Waals surface area contributed by atoms with Crippen molar-refractivity contribution in [3.63, 3.8) is 0 Å². The van der Waals surface area contributed by atoms with Crippen molar-refractivity contribution in [1.82, 2.24) is 23.8 Å². The predicted molar refractivity (Wildman–Crippen MR) is 300 cm³/mol. The SMILES string of the molecule is [2H]c1c([2H])c([2H])c(-c2cc(C(C)(C)C)cc(-c3cc(C(C)(C)C)cc(C(C)(C)C)c3)c2-n2[c](=[Pt])n(-c3[c-]c(Oc4[c-]c5c(cc4)-c4c(C)c(C)nn4B(C([2H])([2H])[2H])N5c4cc(C(C)(C)C)ccn4)ccc3)c3ccccc32)c([2H])c1[2H]. The van der Waals surface area contributed by atoms with Crippen molar-refractivity contribution >= 4 is 29.5 Å². The zero-order valence-electron chi connectivity index (χ0n) is 52.3. The first-order valence-corrected chi connectivity index (χ1v) is 26.0. The van der Waals surface area contributed by atoms with Crippen LogP contribution in [0.5, 0.6) is 11.5 Å². The second-order valence-corrected chi connectivity index (χ2v) is 24.4. The second-order valence-electron chi connectivity index (χ2n) is 23.4. The Bertz CT molecular complexity index is 4030. The van der Waals surface area contributed by atoms with Gasteiger partial charge in [-0.25, -0.2) is 0 Å². The topological polar surface area (TPSA) is 53.0 Å². The Labute approximate surface area is 455 Å². The van der Waals surface area contributed by atoms with Crippen LogP contribution in [0.1, 0.15) is 128 Å². The second kappa shape index (κ2) is 18.2. The Morgan fingerprint density at radius 3 is 1.85 bits per heavy atom. The number of rotatable bonds is 7. The molecule has 0 aliphatic carbocycles. The van der Waals surface area contributed by atoms with E-state index < -0.39 is 37.3 Å². The van der Waals surface area contributed by atoms with E-state index in [4.69, 9.17) is 23.0 Å². The van der Waals surface area contributed by atoms with Gasteiger partial charge in [0, 0.05) is 10.3 Å². The maximum absolute atomic E-state index is 9.51. The van der Waals surface area contributed by atoms with Crippen LogP contribution in [0.4, 0.5) is 11.5 Å². The van der Waals surface area contributed by atoms with Gasteiger partial charge in [0.1, 0.15) is 0 Å². The summed E-state index contributed by atoms with van der Waals surface area (Å²) in [6.07, 6.45) is 1.71. The minimum atomic E-state index is -2.55. The molecule has 0 bridgehead atoms. The monoisotopic (exact) mass is 1150 g/mol. The first-order valence-electron chi connectivity index (χ1n) is 28.9. The summed E-state index contributed by atoms with van der Waals surface area (Å²) in [4.78, 5) is 6.49. The zero-order valence-corrected chi connectivity index (χ0v) is 46.6. The molecule has 0 unspecified atom stereocenters. The molecular formula is C64H67BN6OPt-2. The van der Waals surface area contributed by atoms with Crippen LogP contribution in [-0.4, -0.2) is 30.8 Å². The number of pyridine rings is 1. The van der Waals surface area contributed by atoms with Gasteiger partial charge in [0.15, 0.2) is 0 Å². The van der Waals surface area contributed by atoms with Crippen LogP contribution in [0.25, 0.3) is 55.9 Å². The number of aryl methyl sites for hydroxylation is 1. The van der Waals surface area contributed by atoms with Crippen LogP contribution in [0.3, 0.4) is 0 Å². The molecule has 0 atom stereocenters. The Hall–Kier alpha value is -6.50. The number of para-hydroxylation sites is 2. The van der Waals surface area contributed by atoms with E-state index >= 15 is 0 Å². The Morgan fingerprint density at radius 1 is 0.616 bits per heavy atom. The summed E-state index contributed by atoms with van der Waals surface area (Å²) in [7, 11) is 0. The molecule has 0 N–H and O–H groups in total. The number of anilines is 2. The van der Waals surface area contributed by atoms with Crippen molar-refractivity contribution in [2.75, 3.05) is 4.81 Å². The molecule has 4 heterocycles. The summed E-state index contributed by atoms with van der Waals surface area (Å²) in [5, 5.41) is 4.81. The van der Waals surface area contributed by atoms with Crippen LogP contribution in [-0.2, 0) is 41.0 Å². The van der Waals surface area contributed by atoms with Gasteiger partial charge in [-0.1, -0.05) is 20.8 Å². The van der Waals surface area contributed by atoms with Gasteiger partial charge in [0.05, 0.1) is 5.69 Å². The number of imidazole rings is 1. The Balaban J connectivity index is 1.20. The van der Waals surface area contributed by atoms with Crippen molar-refractivity contribution in [3.05, 3.63) is 183 Å². The summed E-state index contributed by atoms with van der Waals surface area (Å²) >= 11 is 2.33. The van der Waals surface area contributed by atoms with Gasteiger partial charge in [-0.2, -0.15) is 5.10 Å². The van der Waals surface area contributed by atoms with Crippen LogP contribution < -0.4 is 9.55 Å². The molecule has 374 valence electrons. The molecule has 3 aromatic heterocycles. The average molecular weight is 1150 g/mol. The van der Waals surface area contributed by atoms with E-state index in [2.05, 4.69) is 148 Å². The van der Waals surface area contributed by atoms with Gasteiger partial charge >= 0.3 is 385 Å². The fourth-order valence-corrected chi connectivity index (χ4v) is 10.7.